The van der Waals surface area contributed by atoms with Crippen molar-refractivity contribution in [1.29, 1.82) is 0 Å². The second kappa shape index (κ2) is 11.4. The normalized spacial score (nSPS) is 15.8. The molecule has 4 aromatic rings. The Balaban J connectivity index is 1.41. The standard InChI is InChI=1S/C33H33NO2/c35-32-24-23-31(34(32)25-13-16-27-14-5-1-6-15-27)26-36-33(28-17-7-2-8-18-28,29-19-9-3-10-20-29)30-21-11-4-12-22-30/h1-12,14-15,17-22,31H,13,16,23-26H2/t31-/m1/s1. The molecule has 0 radical (unpaired) electrons. The lowest BCUT2D eigenvalue weighted by Crippen LogP contribution is -2.41. The van der Waals surface area contributed by atoms with E-state index in [-0.39, 0.29) is 11.9 Å². The first kappa shape index (κ1) is 24.0. The van der Waals surface area contributed by atoms with Gasteiger partial charge in [0.25, 0.3) is 0 Å². The van der Waals surface area contributed by atoms with E-state index < -0.39 is 5.60 Å². The number of hydrogen-bond acceptors (Lipinski definition) is 2. The summed E-state index contributed by atoms with van der Waals surface area (Å²) in [5.74, 6) is 0.237. The molecular weight excluding hydrogens is 442 g/mol. The van der Waals surface area contributed by atoms with Crippen LogP contribution in [0.1, 0.15) is 41.5 Å². The summed E-state index contributed by atoms with van der Waals surface area (Å²) in [4.78, 5) is 14.9. The molecule has 0 unspecified atom stereocenters. The van der Waals surface area contributed by atoms with Gasteiger partial charge in [-0.05, 0) is 41.5 Å². The molecule has 1 saturated heterocycles. The SMILES string of the molecule is O=C1CC[C@H](COC(c2ccccc2)(c2ccccc2)c2ccccc2)N1CCCc1ccccc1. The van der Waals surface area contributed by atoms with Crippen molar-refractivity contribution in [2.24, 2.45) is 0 Å². The van der Waals surface area contributed by atoms with E-state index in [1.54, 1.807) is 0 Å². The number of nitrogens with zero attached hydrogens (tertiary/aromatic N) is 1. The minimum Gasteiger partial charge on any atom is -0.359 e. The van der Waals surface area contributed by atoms with E-state index in [2.05, 4.69) is 102 Å². The molecule has 0 N–H and O–H groups in total. The first-order chi connectivity index (χ1) is 17.8. The zero-order chi connectivity index (χ0) is 24.6. The molecule has 0 aromatic heterocycles. The van der Waals surface area contributed by atoms with Gasteiger partial charge in [0.15, 0.2) is 0 Å². The Kier molecular flexibility index (Phi) is 7.58. The third kappa shape index (κ3) is 5.12. The number of rotatable bonds is 10. The molecule has 0 saturated carbocycles. The molecule has 3 heteroatoms. The van der Waals surface area contributed by atoms with Crippen molar-refractivity contribution in [2.45, 2.75) is 37.3 Å². The summed E-state index contributed by atoms with van der Waals surface area (Å²) in [6.07, 6.45) is 3.35. The fourth-order valence-electron chi connectivity index (χ4n) is 5.36. The van der Waals surface area contributed by atoms with Crippen LogP contribution in [0.2, 0.25) is 0 Å². The van der Waals surface area contributed by atoms with Gasteiger partial charge in [-0.1, -0.05) is 121 Å². The van der Waals surface area contributed by atoms with Crippen LogP contribution >= 0.6 is 0 Å². The van der Waals surface area contributed by atoms with Crippen LogP contribution in [0, 0.1) is 0 Å². The first-order valence-corrected chi connectivity index (χ1v) is 12.9. The highest BCUT2D eigenvalue weighted by atomic mass is 16.5. The van der Waals surface area contributed by atoms with E-state index in [1.807, 2.05) is 24.3 Å². The van der Waals surface area contributed by atoms with Crippen LogP contribution in [-0.2, 0) is 21.6 Å². The lowest BCUT2D eigenvalue weighted by atomic mass is 9.80. The predicted molar refractivity (Wildman–Crippen MR) is 145 cm³/mol. The van der Waals surface area contributed by atoms with Crippen LogP contribution in [0.15, 0.2) is 121 Å². The largest absolute Gasteiger partial charge is 0.359 e. The molecule has 0 spiro atoms. The summed E-state index contributed by atoms with van der Waals surface area (Å²) >= 11 is 0. The highest BCUT2D eigenvalue weighted by molar-refractivity contribution is 5.78. The molecule has 1 atom stereocenters. The minimum absolute atomic E-state index is 0.0729. The third-order valence-corrected chi connectivity index (χ3v) is 7.19. The van der Waals surface area contributed by atoms with Crippen molar-refractivity contribution in [1.82, 2.24) is 4.90 Å². The van der Waals surface area contributed by atoms with E-state index in [0.29, 0.717) is 13.0 Å². The van der Waals surface area contributed by atoms with Crippen molar-refractivity contribution in [2.75, 3.05) is 13.2 Å². The maximum Gasteiger partial charge on any atom is 0.222 e. The number of benzene rings is 4. The second-order valence-electron chi connectivity index (χ2n) is 9.46. The van der Waals surface area contributed by atoms with Crippen LogP contribution in [-0.4, -0.2) is 30.0 Å². The molecule has 1 aliphatic heterocycles. The summed E-state index contributed by atoms with van der Waals surface area (Å²) in [6.45, 7) is 1.24. The van der Waals surface area contributed by atoms with Gasteiger partial charge in [0, 0.05) is 13.0 Å². The molecule has 1 amide bonds. The molecule has 0 aliphatic carbocycles. The number of ether oxygens (including phenoxy) is 1. The monoisotopic (exact) mass is 475 g/mol. The highest BCUT2D eigenvalue weighted by Gasteiger charge is 2.40. The van der Waals surface area contributed by atoms with Crippen molar-refractivity contribution in [3.05, 3.63) is 144 Å². The molecule has 3 nitrogen and oxygen atoms in total. The summed E-state index contributed by atoms with van der Waals surface area (Å²) < 4.78 is 7.02. The van der Waals surface area contributed by atoms with Gasteiger partial charge in [-0.2, -0.15) is 0 Å². The molecule has 1 heterocycles. The number of carbonyl (C=O) groups excluding carboxylic acids is 1. The van der Waals surface area contributed by atoms with E-state index >= 15 is 0 Å². The number of likely N-dealkylation sites (tertiary alicyclic amines) is 1. The van der Waals surface area contributed by atoms with Gasteiger partial charge in [0.2, 0.25) is 5.91 Å². The maximum atomic E-state index is 12.8. The Morgan fingerprint density at radius 1 is 0.694 bits per heavy atom. The van der Waals surface area contributed by atoms with Crippen LogP contribution in [0.3, 0.4) is 0 Å². The Labute approximate surface area is 214 Å². The highest BCUT2D eigenvalue weighted by Crippen LogP contribution is 2.41. The molecule has 5 rings (SSSR count). The van der Waals surface area contributed by atoms with Gasteiger partial charge >= 0.3 is 0 Å². The van der Waals surface area contributed by atoms with Gasteiger partial charge in [0.1, 0.15) is 5.60 Å². The predicted octanol–water partition coefficient (Wildman–Crippen LogP) is 6.62. The second-order valence-corrected chi connectivity index (χ2v) is 9.46. The molecular formula is C33H33NO2. The third-order valence-electron chi connectivity index (χ3n) is 7.19. The zero-order valence-corrected chi connectivity index (χ0v) is 20.6. The average Bonchev–Trinajstić information content (AvgIpc) is 3.30. The fourth-order valence-corrected chi connectivity index (χ4v) is 5.36. The summed E-state index contributed by atoms with van der Waals surface area (Å²) in [5.41, 5.74) is 3.81. The van der Waals surface area contributed by atoms with E-state index in [0.717, 1.165) is 42.5 Å². The number of hydrogen-bond donors (Lipinski definition) is 0. The van der Waals surface area contributed by atoms with Crippen molar-refractivity contribution in [3.8, 4) is 0 Å². The fraction of sp³-hybridized carbons (Fsp3) is 0.242. The van der Waals surface area contributed by atoms with E-state index in [4.69, 9.17) is 4.74 Å². The Morgan fingerprint density at radius 3 is 1.67 bits per heavy atom. The lowest BCUT2D eigenvalue weighted by molar-refractivity contribution is -0.130. The van der Waals surface area contributed by atoms with Gasteiger partial charge in [-0.25, -0.2) is 0 Å². The Hall–Kier alpha value is -3.69. The summed E-state index contributed by atoms with van der Waals surface area (Å²) in [6, 6.07) is 41.9. The van der Waals surface area contributed by atoms with Crippen LogP contribution < -0.4 is 0 Å². The number of carbonyl (C=O) groups is 1. The smallest absolute Gasteiger partial charge is 0.222 e. The van der Waals surface area contributed by atoms with Crippen LogP contribution in [0.5, 0.6) is 0 Å². The quantitative estimate of drug-likeness (QED) is 0.241. The number of amides is 1. The molecule has 36 heavy (non-hydrogen) atoms. The summed E-state index contributed by atoms with van der Waals surface area (Å²) in [5, 5.41) is 0. The van der Waals surface area contributed by atoms with Gasteiger partial charge < -0.3 is 9.64 Å². The molecule has 1 fully saturated rings. The summed E-state index contributed by atoms with van der Waals surface area (Å²) in [7, 11) is 0. The minimum atomic E-state index is -0.759. The van der Waals surface area contributed by atoms with Gasteiger partial charge in [-0.15, -0.1) is 0 Å². The molecule has 182 valence electrons. The van der Waals surface area contributed by atoms with Crippen molar-refractivity contribution >= 4 is 5.91 Å². The lowest BCUT2D eigenvalue weighted by Gasteiger charge is -2.38. The van der Waals surface area contributed by atoms with E-state index in [1.165, 1.54) is 5.56 Å². The molecule has 4 aromatic carbocycles. The van der Waals surface area contributed by atoms with Gasteiger partial charge in [-0.3, -0.25) is 4.79 Å². The van der Waals surface area contributed by atoms with Crippen molar-refractivity contribution in [3.63, 3.8) is 0 Å². The molecule has 1 aliphatic rings. The van der Waals surface area contributed by atoms with E-state index in [9.17, 15) is 4.79 Å². The van der Waals surface area contributed by atoms with Crippen molar-refractivity contribution < 1.29 is 9.53 Å². The Bertz CT molecular complexity index is 1130. The Morgan fingerprint density at radius 2 is 1.17 bits per heavy atom. The topological polar surface area (TPSA) is 29.5 Å². The van der Waals surface area contributed by atoms with Crippen LogP contribution in [0.25, 0.3) is 0 Å². The number of aryl methyl sites for hydroxylation is 1. The maximum absolute atomic E-state index is 12.8. The molecule has 0 bridgehead atoms. The van der Waals surface area contributed by atoms with Crippen LogP contribution in [0.4, 0.5) is 0 Å². The zero-order valence-electron chi connectivity index (χ0n) is 20.6. The van der Waals surface area contributed by atoms with Gasteiger partial charge in [0.05, 0.1) is 12.6 Å². The first-order valence-electron chi connectivity index (χ1n) is 12.9. The average molecular weight is 476 g/mol.